The van der Waals surface area contributed by atoms with Gasteiger partial charge in [-0.3, -0.25) is 20.2 Å². The van der Waals surface area contributed by atoms with Crippen LogP contribution in [0.1, 0.15) is 24.2 Å². The van der Waals surface area contributed by atoms with Crippen molar-refractivity contribution in [3.8, 4) is 33.6 Å². The molecule has 2 aromatic heterocycles. The molecule has 0 saturated heterocycles. The van der Waals surface area contributed by atoms with Gasteiger partial charge in [0.1, 0.15) is 11.4 Å². The zero-order valence-electron chi connectivity index (χ0n) is 26.7. The highest BCUT2D eigenvalue weighted by molar-refractivity contribution is 5.93. The van der Waals surface area contributed by atoms with E-state index in [1.54, 1.807) is 42.5 Å². The van der Waals surface area contributed by atoms with Gasteiger partial charge in [0.05, 0.1) is 54.4 Å². The maximum atomic E-state index is 12.0. The Hall–Kier alpha value is -6.94. The van der Waals surface area contributed by atoms with Crippen LogP contribution >= 0.6 is 0 Å². The molecule has 4 aromatic carbocycles. The average Bonchev–Trinajstić information content (AvgIpc) is 3.15. The van der Waals surface area contributed by atoms with Gasteiger partial charge in [0.15, 0.2) is 0 Å². The zero-order valence-corrected chi connectivity index (χ0v) is 26.7. The molecule has 0 bridgehead atoms. The standard InChI is InChI=1S/C40H28N6O4/c1-3-12-25(4-2)37-39(29-15-8-10-17-35(29)45(47)48)42-32-22-20-27(23-33(32)43-37)28-19-21-31-34(24-28)44-40(30-16-9-11-18-36(30)46(49)50)38(41-31)26-13-6-5-7-14-26/h3-7,9,11-24H,1-2,8,10H2/b25-12+. The first kappa shape index (κ1) is 31.6. The Morgan fingerprint density at radius 2 is 1.26 bits per heavy atom. The van der Waals surface area contributed by atoms with Crippen LogP contribution in [0.2, 0.25) is 0 Å². The van der Waals surface area contributed by atoms with Crippen molar-refractivity contribution in [1.29, 1.82) is 0 Å². The van der Waals surface area contributed by atoms with Gasteiger partial charge in [0.25, 0.3) is 11.4 Å². The maximum Gasteiger partial charge on any atom is 0.278 e. The van der Waals surface area contributed by atoms with Crippen LogP contribution in [-0.4, -0.2) is 29.8 Å². The number of allylic oxidation sites excluding steroid dienone is 7. The number of nitro benzene ring substituents is 1. The molecular formula is C40H28N6O4. The zero-order chi connectivity index (χ0) is 34.8. The van der Waals surface area contributed by atoms with E-state index >= 15 is 0 Å². The molecule has 0 amide bonds. The van der Waals surface area contributed by atoms with Gasteiger partial charge in [-0.15, -0.1) is 0 Å². The van der Waals surface area contributed by atoms with Crippen LogP contribution in [-0.2, 0) is 0 Å². The van der Waals surface area contributed by atoms with Crippen LogP contribution < -0.4 is 0 Å². The molecule has 0 saturated carbocycles. The Bertz CT molecular complexity index is 2480. The Balaban J connectivity index is 1.39. The molecular weight excluding hydrogens is 628 g/mol. The minimum atomic E-state index is -0.413. The lowest BCUT2D eigenvalue weighted by Gasteiger charge is -2.15. The number of nitrogens with zero attached hydrogens (tertiary/aromatic N) is 6. The van der Waals surface area contributed by atoms with Crippen LogP contribution in [0.5, 0.6) is 0 Å². The van der Waals surface area contributed by atoms with E-state index in [0.717, 1.165) is 16.7 Å². The molecule has 0 N–H and O–H groups in total. The first-order valence-electron chi connectivity index (χ1n) is 15.8. The lowest BCUT2D eigenvalue weighted by Crippen LogP contribution is -2.09. The van der Waals surface area contributed by atoms with Crippen LogP contribution in [0.15, 0.2) is 140 Å². The van der Waals surface area contributed by atoms with Crippen molar-refractivity contribution >= 4 is 38.9 Å². The number of para-hydroxylation sites is 1. The van der Waals surface area contributed by atoms with Crippen molar-refractivity contribution in [3.05, 3.63) is 172 Å². The number of fused-ring (bicyclic) bond motifs is 2. The lowest BCUT2D eigenvalue weighted by molar-refractivity contribution is -0.417. The Morgan fingerprint density at radius 3 is 1.92 bits per heavy atom. The van der Waals surface area contributed by atoms with Gasteiger partial charge in [0.2, 0.25) is 0 Å². The molecule has 1 aliphatic rings. The molecule has 0 spiro atoms. The predicted molar refractivity (Wildman–Crippen MR) is 196 cm³/mol. The van der Waals surface area contributed by atoms with Crippen LogP contribution in [0, 0.1) is 20.2 Å². The minimum Gasteiger partial charge on any atom is -0.258 e. The van der Waals surface area contributed by atoms with Gasteiger partial charge < -0.3 is 0 Å². The monoisotopic (exact) mass is 656 g/mol. The lowest BCUT2D eigenvalue weighted by atomic mass is 9.96. The Labute approximate surface area is 286 Å². The molecule has 0 fully saturated rings. The van der Waals surface area contributed by atoms with E-state index in [4.69, 9.17) is 19.9 Å². The molecule has 0 unspecified atom stereocenters. The van der Waals surface area contributed by atoms with Crippen LogP contribution in [0.3, 0.4) is 0 Å². The van der Waals surface area contributed by atoms with Gasteiger partial charge in [-0.1, -0.05) is 92.1 Å². The van der Waals surface area contributed by atoms with Gasteiger partial charge in [-0.25, -0.2) is 19.9 Å². The van der Waals surface area contributed by atoms with Crippen molar-refractivity contribution in [1.82, 2.24) is 19.9 Å². The van der Waals surface area contributed by atoms with Crippen LogP contribution in [0.25, 0.3) is 66.9 Å². The van der Waals surface area contributed by atoms with E-state index in [2.05, 4.69) is 13.2 Å². The van der Waals surface area contributed by atoms with Gasteiger partial charge >= 0.3 is 0 Å². The Kier molecular flexibility index (Phi) is 8.41. The topological polar surface area (TPSA) is 138 Å². The molecule has 6 aromatic rings. The van der Waals surface area contributed by atoms with E-state index < -0.39 is 4.92 Å². The number of nitro groups is 2. The van der Waals surface area contributed by atoms with E-state index in [0.29, 0.717) is 74.4 Å². The third kappa shape index (κ3) is 5.86. The molecule has 10 nitrogen and oxygen atoms in total. The summed E-state index contributed by atoms with van der Waals surface area (Å²) in [4.78, 5) is 43.0. The smallest absolute Gasteiger partial charge is 0.258 e. The molecule has 7 rings (SSSR count). The molecule has 0 radical (unpaired) electrons. The second-order valence-electron chi connectivity index (χ2n) is 11.5. The van der Waals surface area contributed by atoms with Crippen molar-refractivity contribution in [2.45, 2.75) is 12.8 Å². The fourth-order valence-corrected chi connectivity index (χ4v) is 6.10. The highest BCUT2D eigenvalue weighted by Gasteiger charge is 2.27. The molecule has 10 heteroatoms. The summed E-state index contributed by atoms with van der Waals surface area (Å²) in [6.07, 6.45) is 9.66. The molecule has 0 atom stereocenters. The third-order valence-corrected chi connectivity index (χ3v) is 8.44. The number of benzene rings is 4. The normalized spacial score (nSPS) is 13.1. The van der Waals surface area contributed by atoms with Crippen molar-refractivity contribution in [2.24, 2.45) is 0 Å². The second-order valence-corrected chi connectivity index (χ2v) is 11.5. The van der Waals surface area contributed by atoms with E-state index in [1.165, 1.54) is 6.07 Å². The third-order valence-electron chi connectivity index (χ3n) is 8.44. The highest BCUT2D eigenvalue weighted by atomic mass is 16.6. The maximum absolute atomic E-state index is 12.0. The molecule has 2 heterocycles. The fourth-order valence-electron chi connectivity index (χ4n) is 6.10. The van der Waals surface area contributed by atoms with Crippen LogP contribution in [0.4, 0.5) is 5.69 Å². The van der Waals surface area contributed by atoms with Gasteiger partial charge in [-0.05, 0) is 60.4 Å². The number of rotatable bonds is 9. The first-order chi connectivity index (χ1) is 24.4. The molecule has 242 valence electrons. The highest BCUT2D eigenvalue weighted by Crippen LogP contribution is 2.38. The Morgan fingerprint density at radius 1 is 0.640 bits per heavy atom. The summed E-state index contributed by atoms with van der Waals surface area (Å²) >= 11 is 0. The summed E-state index contributed by atoms with van der Waals surface area (Å²) in [7, 11) is 0. The second kappa shape index (κ2) is 13.3. The summed E-state index contributed by atoms with van der Waals surface area (Å²) in [5.74, 6) is 0. The predicted octanol–water partition coefficient (Wildman–Crippen LogP) is 9.58. The quantitative estimate of drug-likeness (QED) is 0.0852. The number of hydrogen-bond acceptors (Lipinski definition) is 8. The fraction of sp³-hybridized carbons (Fsp3) is 0.0500. The molecule has 50 heavy (non-hydrogen) atoms. The molecule has 0 aliphatic heterocycles. The number of hydrogen-bond donors (Lipinski definition) is 0. The summed E-state index contributed by atoms with van der Waals surface area (Å²) in [6, 6.07) is 27.4. The van der Waals surface area contributed by atoms with Crippen molar-refractivity contribution < 1.29 is 9.85 Å². The SMILES string of the molecule is C=C/C=C(\C=C)c1nc2cc(-c3ccc4nc(-c5ccccc5)c(-c5ccccc5[N+](=O)[O-])nc4c3)ccc2nc1C1=CCCC=C1[N+](=O)[O-]. The van der Waals surface area contributed by atoms with Crippen molar-refractivity contribution in [3.63, 3.8) is 0 Å². The number of aromatic nitrogens is 4. The van der Waals surface area contributed by atoms with Gasteiger partial charge in [-0.2, -0.15) is 0 Å². The minimum absolute atomic E-state index is 0.00214. The van der Waals surface area contributed by atoms with Crippen molar-refractivity contribution in [2.75, 3.05) is 0 Å². The average molecular weight is 657 g/mol. The summed E-state index contributed by atoms with van der Waals surface area (Å²) in [5, 5.41) is 24.0. The largest absolute Gasteiger partial charge is 0.278 e. The molecule has 1 aliphatic carbocycles. The summed E-state index contributed by atoms with van der Waals surface area (Å²) < 4.78 is 0. The summed E-state index contributed by atoms with van der Waals surface area (Å²) in [5.41, 5.74) is 7.91. The summed E-state index contributed by atoms with van der Waals surface area (Å²) in [6.45, 7) is 7.75. The van der Waals surface area contributed by atoms with Gasteiger partial charge in [0, 0.05) is 17.2 Å². The first-order valence-corrected chi connectivity index (χ1v) is 15.8. The van der Waals surface area contributed by atoms with E-state index in [9.17, 15) is 20.2 Å². The van der Waals surface area contributed by atoms with E-state index in [1.807, 2.05) is 72.8 Å². The van der Waals surface area contributed by atoms with E-state index in [-0.39, 0.29) is 16.3 Å².